The Hall–Kier alpha value is -0.780. The standard InChI is InChI=1S/C11H14ClNO3S/c12-10-2-1-3-11(9(10)8-14)13-4-6-17(15,16)7-5-13/h1-3,14H,4-8H2. The van der Waals surface area contributed by atoms with Gasteiger partial charge in [0.25, 0.3) is 0 Å². The van der Waals surface area contributed by atoms with E-state index in [1.807, 2.05) is 11.0 Å². The molecule has 1 fully saturated rings. The van der Waals surface area contributed by atoms with Gasteiger partial charge in [-0.1, -0.05) is 17.7 Å². The highest BCUT2D eigenvalue weighted by atomic mass is 35.5. The van der Waals surface area contributed by atoms with Crippen molar-refractivity contribution >= 4 is 27.1 Å². The molecule has 0 unspecified atom stereocenters. The molecule has 0 saturated carbocycles. The molecule has 0 aromatic heterocycles. The maximum absolute atomic E-state index is 11.3. The van der Waals surface area contributed by atoms with Crippen molar-refractivity contribution in [2.45, 2.75) is 6.61 Å². The molecule has 0 bridgehead atoms. The van der Waals surface area contributed by atoms with Crippen LogP contribution < -0.4 is 4.90 Å². The minimum atomic E-state index is -2.89. The Morgan fingerprint density at radius 3 is 2.53 bits per heavy atom. The van der Waals surface area contributed by atoms with Gasteiger partial charge in [0.15, 0.2) is 9.84 Å². The topological polar surface area (TPSA) is 57.6 Å². The van der Waals surface area contributed by atoms with E-state index in [1.165, 1.54) is 0 Å². The number of anilines is 1. The van der Waals surface area contributed by atoms with Crippen LogP contribution >= 0.6 is 11.6 Å². The second-order valence-electron chi connectivity index (χ2n) is 4.03. The summed E-state index contributed by atoms with van der Waals surface area (Å²) in [6, 6.07) is 5.38. The molecule has 4 nitrogen and oxygen atoms in total. The van der Waals surface area contributed by atoms with Crippen LogP contribution in [0.4, 0.5) is 5.69 Å². The highest BCUT2D eigenvalue weighted by molar-refractivity contribution is 7.91. The van der Waals surface area contributed by atoms with Crippen molar-refractivity contribution in [1.82, 2.24) is 0 Å². The van der Waals surface area contributed by atoms with Gasteiger partial charge in [-0.05, 0) is 12.1 Å². The van der Waals surface area contributed by atoms with Gasteiger partial charge in [-0.2, -0.15) is 0 Å². The molecule has 1 saturated heterocycles. The third-order valence-corrected chi connectivity index (χ3v) is 4.90. The monoisotopic (exact) mass is 275 g/mol. The van der Waals surface area contributed by atoms with Gasteiger partial charge in [0.2, 0.25) is 0 Å². The first-order valence-corrected chi connectivity index (χ1v) is 7.57. The molecule has 1 heterocycles. The zero-order valence-corrected chi connectivity index (χ0v) is 10.8. The van der Waals surface area contributed by atoms with Crippen molar-refractivity contribution in [3.8, 4) is 0 Å². The van der Waals surface area contributed by atoms with Crippen molar-refractivity contribution in [1.29, 1.82) is 0 Å². The fraction of sp³-hybridized carbons (Fsp3) is 0.455. The molecular weight excluding hydrogens is 262 g/mol. The van der Waals surface area contributed by atoms with Crippen LogP contribution in [-0.4, -0.2) is 38.1 Å². The van der Waals surface area contributed by atoms with Crippen molar-refractivity contribution in [3.63, 3.8) is 0 Å². The number of halogens is 1. The van der Waals surface area contributed by atoms with Gasteiger partial charge >= 0.3 is 0 Å². The van der Waals surface area contributed by atoms with E-state index >= 15 is 0 Å². The minimum Gasteiger partial charge on any atom is -0.392 e. The van der Waals surface area contributed by atoms with Crippen LogP contribution in [0.15, 0.2) is 18.2 Å². The summed E-state index contributed by atoms with van der Waals surface area (Å²) in [6.07, 6.45) is 0. The average molecular weight is 276 g/mol. The van der Waals surface area contributed by atoms with Crippen LogP contribution in [0, 0.1) is 0 Å². The first-order valence-electron chi connectivity index (χ1n) is 5.37. The maximum Gasteiger partial charge on any atom is 0.153 e. The third kappa shape index (κ3) is 2.73. The number of sulfone groups is 1. The Labute approximate surface area is 106 Å². The Bertz CT molecular complexity index is 501. The molecule has 17 heavy (non-hydrogen) atoms. The Morgan fingerprint density at radius 2 is 1.94 bits per heavy atom. The van der Waals surface area contributed by atoms with E-state index in [0.717, 1.165) is 5.69 Å². The quantitative estimate of drug-likeness (QED) is 0.877. The van der Waals surface area contributed by atoms with Crippen LogP contribution in [-0.2, 0) is 16.4 Å². The Balaban J connectivity index is 2.27. The highest BCUT2D eigenvalue weighted by Crippen LogP contribution is 2.28. The molecule has 1 aliphatic heterocycles. The summed E-state index contributed by atoms with van der Waals surface area (Å²) in [7, 11) is -2.89. The lowest BCUT2D eigenvalue weighted by atomic mass is 10.1. The fourth-order valence-electron chi connectivity index (χ4n) is 1.95. The Morgan fingerprint density at radius 1 is 1.29 bits per heavy atom. The van der Waals surface area contributed by atoms with Crippen LogP contribution in [0.25, 0.3) is 0 Å². The van der Waals surface area contributed by atoms with Crippen molar-refractivity contribution in [2.75, 3.05) is 29.5 Å². The molecule has 1 aromatic carbocycles. The minimum absolute atomic E-state index is 0.141. The summed E-state index contributed by atoms with van der Waals surface area (Å²) < 4.78 is 22.7. The molecule has 0 aliphatic carbocycles. The lowest BCUT2D eigenvalue weighted by Crippen LogP contribution is -2.40. The average Bonchev–Trinajstić information content (AvgIpc) is 2.29. The molecule has 1 aliphatic rings. The number of aliphatic hydroxyl groups excluding tert-OH is 1. The van der Waals surface area contributed by atoms with Gasteiger partial charge in [-0.3, -0.25) is 0 Å². The number of aliphatic hydroxyl groups is 1. The zero-order valence-electron chi connectivity index (χ0n) is 9.26. The van der Waals surface area contributed by atoms with E-state index in [4.69, 9.17) is 11.6 Å². The van der Waals surface area contributed by atoms with Gasteiger partial charge in [-0.25, -0.2) is 8.42 Å². The largest absolute Gasteiger partial charge is 0.392 e. The molecule has 0 spiro atoms. The summed E-state index contributed by atoms with van der Waals surface area (Å²) in [5.41, 5.74) is 1.49. The molecule has 1 N–H and O–H groups in total. The molecule has 2 rings (SSSR count). The van der Waals surface area contributed by atoms with E-state index in [-0.39, 0.29) is 18.1 Å². The van der Waals surface area contributed by atoms with Gasteiger partial charge in [0.05, 0.1) is 18.1 Å². The molecule has 1 aromatic rings. The first-order chi connectivity index (χ1) is 8.03. The predicted octanol–water partition coefficient (Wildman–Crippen LogP) is 1.07. The summed E-state index contributed by atoms with van der Waals surface area (Å²) in [4.78, 5) is 1.96. The van der Waals surface area contributed by atoms with Crippen molar-refractivity contribution in [2.24, 2.45) is 0 Å². The SMILES string of the molecule is O=S1(=O)CCN(c2cccc(Cl)c2CO)CC1. The summed E-state index contributed by atoms with van der Waals surface area (Å²) in [5, 5.41) is 9.82. The van der Waals surface area contributed by atoms with Crippen molar-refractivity contribution in [3.05, 3.63) is 28.8 Å². The normalized spacial score (nSPS) is 19.3. The van der Waals surface area contributed by atoms with E-state index in [9.17, 15) is 13.5 Å². The maximum atomic E-state index is 11.3. The van der Waals surface area contributed by atoms with Crippen LogP contribution in [0.1, 0.15) is 5.56 Å². The summed E-state index contributed by atoms with van der Waals surface area (Å²) in [5.74, 6) is 0.314. The molecular formula is C11H14ClNO3S. The molecule has 0 radical (unpaired) electrons. The smallest absolute Gasteiger partial charge is 0.153 e. The lowest BCUT2D eigenvalue weighted by molar-refractivity contribution is 0.282. The number of benzene rings is 1. The number of hydrogen-bond donors (Lipinski definition) is 1. The Kier molecular flexibility index (Phi) is 3.61. The van der Waals surface area contributed by atoms with Gasteiger partial charge in [-0.15, -0.1) is 0 Å². The van der Waals surface area contributed by atoms with Crippen LogP contribution in [0.3, 0.4) is 0 Å². The third-order valence-electron chi connectivity index (χ3n) is 2.94. The summed E-state index contributed by atoms with van der Waals surface area (Å²) in [6.45, 7) is 0.767. The second-order valence-corrected chi connectivity index (χ2v) is 6.75. The van der Waals surface area contributed by atoms with E-state index in [0.29, 0.717) is 23.7 Å². The molecule has 94 valence electrons. The predicted molar refractivity (Wildman–Crippen MR) is 68.2 cm³/mol. The lowest BCUT2D eigenvalue weighted by Gasteiger charge is -2.30. The number of nitrogens with zero attached hydrogens (tertiary/aromatic N) is 1. The summed E-state index contributed by atoms with van der Waals surface area (Å²) >= 11 is 6.00. The fourth-order valence-corrected chi connectivity index (χ4v) is 3.38. The van der Waals surface area contributed by atoms with Crippen LogP contribution in [0.5, 0.6) is 0 Å². The van der Waals surface area contributed by atoms with Gasteiger partial charge < -0.3 is 10.0 Å². The van der Waals surface area contributed by atoms with E-state index < -0.39 is 9.84 Å². The number of rotatable bonds is 2. The van der Waals surface area contributed by atoms with Crippen LogP contribution in [0.2, 0.25) is 5.02 Å². The first kappa shape index (κ1) is 12.7. The number of hydrogen-bond acceptors (Lipinski definition) is 4. The van der Waals surface area contributed by atoms with E-state index in [1.54, 1.807) is 12.1 Å². The highest BCUT2D eigenvalue weighted by Gasteiger charge is 2.23. The van der Waals surface area contributed by atoms with E-state index in [2.05, 4.69) is 0 Å². The van der Waals surface area contributed by atoms with Gasteiger partial charge in [0.1, 0.15) is 0 Å². The molecule has 0 atom stereocenters. The second kappa shape index (κ2) is 4.84. The van der Waals surface area contributed by atoms with Gasteiger partial charge in [0, 0.05) is 29.4 Å². The zero-order chi connectivity index (χ0) is 12.5. The molecule has 6 heteroatoms. The van der Waals surface area contributed by atoms with Crippen molar-refractivity contribution < 1.29 is 13.5 Å². The molecule has 0 amide bonds.